The Morgan fingerprint density at radius 3 is 2.76 bits per heavy atom. The maximum atomic E-state index is 5.49. The molecule has 1 unspecified atom stereocenters. The van der Waals surface area contributed by atoms with Crippen molar-refractivity contribution in [2.75, 3.05) is 39.3 Å². The topological polar surface area (TPSA) is 82.5 Å². The molecule has 29 heavy (non-hydrogen) atoms. The Morgan fingerprint density at radius 2 is 1.97 bits per heavy atom. The number of hydrogen-bond donors (Lipinski definition) is 0. The Kier molecular flexibility index (Phi) is 5.71. The van der Waals surface area contributed by atoms with Crippen LogP contribution in [0.1, 0.15) is 30.3 Å². The molecule has 1 saturated heterocycles. The summed E-state index contributed by atoms with van der Waals surface area (Å²) in [4.78, 5) is 11.3. The highest BCUT2D eigenvalue weighted by molar-refractivity contribution is 5.94. The largest absolute Gasteiger partial charge is 0.493 e. The number of fused-ring (bicyclic) bond motifs is 1. The molecule has 152 valence electrons. The first kappa shape index (κ1) is 19.3. The van der Waals surface area contributed by atoms with Gasteiger partial charge in [-0.25, -0.2) is 9.97 Å². The second-order valence-corrected chi connectivity index (χ2v) is 7.08. The maximum Gasteiger partial charge on any atom is 0.161 e. The number of methoxy groups -OCH3 is 3. The molecule has 3 aromatic rings. The number of rotatable bonds is 6. The summed E-state index contributed by atoms with van der Waals surface area (Å²) in [6, 6.07) is 5.91. The molecule has 0 radical (unpaired) electrons. The third kappa shape index (κ3) is 3.93. The molecule has 8 heteroatoms. The van der Waals surface area contributed by atoms with Gasteiger partial charge in [0.1, 0.15) is 6.61 Å². The van der Waals surface area contributed by atoms with Crippen LogP contribution >= 0.6 is 0 Å². The zero-order valence-electron chi connectivity index (χ0n) is 17.0. The van der Waals surface area contributed by atoms with Crippen LogP contribution in [-0.2, 0) is 11.3 Å². The fourth-order valence-electron chi connectivity index (χ4n) is 3.88. The summed E-state index contributed by atoms with van der Waals surface area (Å²) >= 11 is 0. The summed E-state index contributed by atoms with van der Waals surface area (Å²) in [5.41, 5.74) is 1.05. The lowest BCUT2D eigenvalue weighted by atomic mass is 9.94. The van der Waals surface area contributed by atoms with Crippen molar-refractivity contribution in [3.05, 3.63) is 42.1 Å². The molecule has 1 aliphatic heterocycles. The zero-order valence-corrected chi connectivity index (χ0v) is 17.0. The normalized spacial score (nSPS) is 16.8. The number of piperidine rings is 1. The van der Waals surface area contributed by atoms with Crippen LogP contribution in [-0.4, -0.2) is 54.6 Å². The molecule has 4 rings (SSSR count). The lowest BCUT2D eigenvalue weighted by molar-refractivity contribution is 0.177. The molecule has 0 N–H and O–H groups in total. The molecular formula is C21H25N5O3. The first-order valence-corrected chi connectivity index (χ1v) is 9.66. The van der Waals surface area contributed by atoms with E-state index in [1.165, 1.54) is 0 Å². The van der Waals surface area contributed by atoms with Gasteiger partial charge < -0.3 is 19.1 Å². The monoisotopic (exact) mass is 395 g/mol. The predicted octanol–water partition coefficient (Wildman–Crippen LogP) is 2.97. The van der Waals surface area contributed by atoms with Crippen molar-refractivity contribution >= 4 is 16.6 Å². The Hall–Kier alpha value is -3.00. The lowest BCUT2D eigenvalue weighted by Gasteiger charge is -2.33. The Morgan fingerprint density at radius 1 is 1.14 bits per heavy atom. The molecule has 0 amide bonds. The van der Waals surface area contributed by atoms with E-state index < -0.39 is 0 Å². The van der Waals surface area contributed by atoms with Crippen LogP contribution in [0, 0.1) is 0 Å². The van der Waals surface area contributed by atoms with Gasteiger partial charge in [-0.05, 0) is 31.0 Å². The first-order valence-electron chi connectivity index (χ1n) is 9.66. The van der Waals surface area contributed by atoms with E-state index in [9.17, 15) is 0 Å². The number of aromatic nitrogens is 4. The van der Waals surface area contributed by atoms with E-state index in [0.29, 0.717) is 29.8 Å². The molecule has 0 bridgehead atoms. The minimum absolute atomic E-state index is 0.305. The van der Waals surface area contributed by atoms with Crippen molar-refractivity contribution in [2.24, 2.45) is 0 Å². The van der Waals surface area contributed by atoms with Crippen LogP contribution in [0.15, 0.2) is 30.6 Å². The standard InChI is InChI=1S/C21H25N5O3/c1-27-13-20-22-7-6-17(24-20)14-5-4-8-26(12-14)21-16-10-19(29-3)18(28-2)9-15(16)11-23-25-21/h6-7,9-11,14H,4-5,8,12-13H2,1-3H3. The van der Waals surface area contributed by atoms with Crippen molar-refractivity contribution in [3.8, 4) is 11.5 Å². The van der Waals surface area contributed by atoms with Gasteiger partial charge in [0, 0.05) is 48.8 Å². The Balaban J connectivity index is 1.66. The van der Waals surface area contributed by atoms with Crippen molar-refractivity contribution < 1.29 is 14.2 Å². The van der Waals surface area contributed by atoms with Gasteiger partial charge in [-0.3, -0.25) is 0 Å². The van der Waals surface area contributed by atoms with E-state index >= 15 is 0 Å². The van der Waals surface area contributed by atoms with Crippen LogP contribution in [0.25, 0.3) is 10.8 Å². The number of benzene rings is 1. The molecule has 0 saturated carbocycles. The van der Waals surface area contributed by atoms with Crippen LogP contribution in [0.3, 0.4) is 0 Å². The van der Waals surface area contributed by atoms with Crippen LogP contribution in [0.2, 0.25) is 0 Å². The second kappa shape index (κ2) is 8.57. The number of nitrogens with zero attached hydrogens (tertiary/aromatic N) is 5. The highest BCUT2D eigenvalue weighted by Crippen LogP contribution is 2.37. The van der Waals surface area contributed by atoms with Gasteiger partial charge in [0.15, 0.2) is 23.1 Å². The van der Waals surface area contributed by atoms with E-state index in [1.54, 1.807) is 27.5 Å². The highest BCUT2D eigenvalue weighted by atomic mass is 16.5. The van der Waals surface area contributed by atoms with Crippen LogP contribution in [0.5, 0.6) is 11.5 Å². The smallest absolute Gasteiger partial charge is 0.161 e. The molecule has 2 aromatic heterocycles. The van der Waals surface area contributed by atoms with Gasteiger partial charge in [0.05, 0.1) is 20.4 Å². The van der Waals surface area contributed by atoms with Gasteiger partial charge in [0.2, 0.25) is 0 Å². The van der Waals surface area contributed by atoms with Crippen LogP contribution in [0.4, 0.5) is 5.82 Å². The van der Waals surface area contributed by atoms with E-state index in [2.05, 4.69) is 20.1 Å². The SMILES string of the molecule is COCc1nccc(C2CCCN(c3nncc4cc(OC)c(OC)cc34)C2)n1. The third-order valence-electron chi connectivity index (χ3n) is 5.29. The Bertz CT molecular complexity index is 997. The van der Waals surface area contributed by atoms with Gasteiger partial charge >= 0.3 is 0 Å². The Labute approximate surface area is 169 Å². The van der Waals surface area contributed by atoms with Gasteiger partial charge in [-0.15, -0.1) is 5.10 Å². The summed E-state index contributed by atoms with van der Waals surface area (Å²) in [7, 11) is 4.93. The fraction of sp³-hybridized carbons (Fsp3) is 0.429. The summed E-state index contributed by atoms with van der Waals surface area (Å²) in [6.45, 7) is 2.17. The fourth-order valence-corrected chi connectivity index (χ4v) is 3.88. The van der Waals surface area contributed by atoms with Crippen molar-refractivity contribution in [1.82, 2.24) is 20.2 Å². The minimum Gasteiger partial charge on any atom is -0.493 e. The second-order valence-electron chi connectivity index (χ2n) is 7.08. The van der Waals surface area contributed by atoms with Gasteiger partial charge in [-0.1, -0.05) is 0 Å². The summed E-state index contributed by atoms with van der Waals surface area (Å²) in [5.74, 6) is 3.24. The molecule has 1 aliphatic rings. The van der Waals surface area contributed by atoms with Crippen molar-refractivity contribution in [2.45, 2.75) is 25.4 Å². The molecule has 8 nitrogen and oxygen atoms in total. The van der Waals surface area contributed by atoms with Gasteiger partial charge in [-0.2, -0.15) is 5.10 Å². The van der Waals surface area contributed by atoms with Crippen molar-refractivity contribution in [1.29, 1.82) is 0 Å². The summed E-state index contributed by atoms with van der Waals surface area (Å²) in [6.07, 6.45) is 5.70. The lowest BCUT2D eigenvalue weighted by Crippen LogP contribution is -2.35. The van der Waals surface area contributed by atoms with E-state index in [1.807, 2.05) is 24.4 Å². The molecule has 1 fully saturated rings. The number of hydrogen-bond acceptors (Lipinski definition) is 8. The number of ether oxygens (including phenoxy) is 3. The minimum atomic E-state index is 0.305. The molecule has 3 heterocycles. The maximum absolute atomic E-state index is 5.49. The molecule has 1 aromatic carbocycles. The average Bonchev–Trinajstić information content (AvgIpc) is 2.78. The number of anilines is 1. The van der Waals surface area contributed by atoms with E-state index in [4.69, 9.17) is 19.2 Å². The van der Waals surface area contributed by atoms with E-state index in [0.717, 1.165) is 48.2 Å². The molecule has 0 spiro atoms. The van der Waals surface area contributed by atoms with E-state index in [-0.39, 0.29) is 0 Å². The summed E-state index contributed by atoms with van der Waals surface area (Å²) in [5, 5.41) is 10.7. The molecule has 1 atom stereocenters. The highest BCUT2D eigenvalue weighted by Gasteiger charge is 2.25. The predicted molar refractivity (Wildman–Crippen MR) is 110 cm³/mol. The van der Waals surface area contributed by atoms with Gasteiger partial charge in [0.25, 0.3) is 0 Å². The quantitative estimate of drug-likeness (QED) is 0.630. The third-order valence-corrected chi connectivity index (χ3v) is 5.29. The first-order chi connectivity index (χ1) is 14.2. The van der Waals surface area contributed by atoms with Crippen LogP contribution < -0.4 is 14.4 Å². The average molecular weight is 395 g/mol. The molecular weight excluding hydrogens is 370 g/mol. The molecule has 0 aliphatic carbocycles. The summed E-state index contributed by atoms with van der Waals surface area (Å²) < 4.78 is 16.1. The van der Waals surface area contributed by atoms with Crippen molar-refractivity contribution in [3.63, 3.8) is 0 Å². The zero-order chi connectivity index (χ0) is 20.2.